The van der Waals surface area contributed by atoms with Crippen molar-refractivity contribution in [2.75, 3.05) is 22.9 Å². The number of benzene rings is 2. The highest BCUT2D eigenvalue weighted by molar-refractivity contribution is 6.07. The monoisotopic (exact) mass is 348 g/mol. The molecule has 4 rings (SSSR count). The SMILES string of the molecule is CCC(=O)N1CCc2cc(C(=O)N3CCCc4cc(C)ccc43)ccc21. The van der Waals surface area contributed by atoms with Gasteiger partial charge in [0.2, 0.25) is 5.91 Å². The van der Waals surface area contributed by atoms with Gasteiger partial charge >= 0.3 is 0 Å². The lowest BCUT2D eigenvalue weighted by Crippen LogP contribution is -2.35. The summed E-state index contributed by atoms with van der Waals surface area (Å²) in [7, 11) is 0. The van der Waals surface area contributed by atoms with Crippen LogP contribution in [0.1, 0.15) is 46.8 Å². The van der Waals surface area contributed by atoms with Crippen LogP contribution in [0.5, 0.6) is 0 Å². The minimum Gasteiger partial charge on any atom is -0.312 e. The summed E-state index contributed by atoms with van der Waals surface area (Å²) in [6, 6.07) is 12.1. The quantitative estimate of drug-likeness (QED) is 0.826. The van der Waals surface area contributed by atoms with E-state index in [9.17, 15) is 9.59 Å². The Morgan fingerprint density at radius 3 is 2.46 bits per heavy atom. The third-order valence-electron chi connectivity index (χ3n) is 5.42. The largest absolute Gasteiger partial charge is 0.312 e. The van der Waals surface area contributed by atoms with E-state index in [1.165, 1.54) is 11.1 Å². The fourth-order valence-corrected chi connectivity index (χ4v) is 4.08. The average molecular weight is 348 g/mol. The van der Waals surface area contributed by atoms with Gasteiger partial charge in [-0.3, -0.25) is 9.59 Å². The summed E-state index contributed by atoms with van der Waals surface area (Å²) in [5.74, 6) is 0.195. The van der Waals surface area contributed by atoms with Crippen molar-refractivity contribution in [1.29, 1.82) is 0 Å². The van der Waals surface area contributed by atoms with Crippen LogP contribution in [-0.4, -0.2) is 24.9 Å². The van der Waals surface area contributed by atoms with Gasteiger partial charge in [-0.15, -0.1) is 0 Å². The number of carbonyl (C=O) groups excluding carboxylic acids is 2. The van der Waals surface area contributed by atoms with E-state index in [0.717, 1.165) is 42.7 Å². The van der Waals surface area contributed by atoms with E-state index in [0.29, 0.717) is 18.5 Å². The normalized spacial score (nSPS) is 15.6. The van der Waals surface area contributed by atoms with Gasteiger partial charge in [0.05, 0.1) is 0 Å². The molecule has 26 heavy (non-hydrogen) atoms. The standard InChI is InChI=1S/C22H24N2O2/c1-3-21(25)23-12-10-17-14-18(7-9-19(17)23)22(26)24-11-4-5-16-13-15(2)6-8-20(16)24/h6-9,13-14H,3-5,10-12H2,1-2H3. The Morgan fingerprint density at radius 2 is 1.65 bits per heavy atom. The topological polar surface area (TPSA) is 40.6 Å². The predicted molar refractivity (Wildman–Crippen MR) is 104 cm³/mol. The minimum atomic E-state index is 0.0536. The Kier molecular flexibility index (Phi) is 4.27. The van der Waals surface area contributed by atoms with E-state index < -0.39 is 0 Å². The maximum Gasteiger partial charge on any atom is 0.258 e. The van der Waals surface area contributed by atoms with Crippen LogP contribution in [0.4, 0.5) is 11.4 Å². The van der Waals surface area contributed by atoms with E-state index in [4.69, 9.17) is 0 Å². The molecule has 4 heteroatoms. The van der Waals surface area contributed by atoms with E-state index in [-0.39, 0.29) is 11.8 Å². The van der Waals surface area contributed by atoms with Gasteiger partial charge in [-0.2, -0.15) is 0 Å². The molecule has 0 spiro atoms. The van der Waals surface area contributed by atoms with Crippen LogP contribution in [0, 0.1) is 6.92 Å². The molecule has 0 aromatic heterocycles. The number of aryl methyl sites for hydroxylation is 2. The highest BCUT2D eigenvalue weighted by Gasteiger charge is 2.27. The lowest BCUT2D eigenvalue weighted by Gasteiger charge is -2.30. The number of hydrogen-bond acceptors (Lipinski definition) is 2. The maximum atomic E-state index is 13.2. The van der Waals surface area contributed by atoms with Crippen molar-refractivity contribution >= 4 is 23.2 Å². The summed E-state index contributed by atoms with van der Waals surface area (Å²) < 4.78 is 0. The van der Waals surface area contributed by atoms with Crippen LogP contribution in [0.3, 0.4) is 0 Å². The molecule has 0 fully saturated rings. The molecule has 0 radical (unpaired) electrons. The molecular weight excluding hydrogens is 324 g/mol. The number of nitrogens with zero attached hydrogens (tertiary/aromatic N) is 2. The molecule has 0 unspecified atom stereocenters. The minimum absolute atomic E-state index is 0.0536. The Hall–Kier alpha value is -2.62. The molecule has 0 saturated carbocycles. The molecule has 0 bridgehead atoms. The second kappa shape index (κ2) is 6.60. The van der Waals surface area contributed by atoms with Gasteiger partial charge in [-0.1, -0.05) is 24.6 Å². The molecule has 2 aliphatic heterocycles. The van der Waals surface area contributed by atoms with E-state index in [1.54, 1.807) is 0 Å². The molecule has 0 aliphatic carbocycles. The van der Waals surface area contributed by atoms with Crippen LogP contribution >= 0.6 is 0 Å². The van der Waals surface area contributed by atoms with Gasteiger partial charge < -0.3 is 9.80 Å². The summed E-state index contributed by atoms with van der Waals surface area (Å²) in [4.78, 5) is 29.0. The number of hydrogen-bond donors (Lipinski definition) is 0. The Morgan fingerprint density at radius 1 is 0.923 bits per heavy atom. The van der Waals surface area contributed by atoms with E-state index in [1.807, 2.05) is 34.9 Å². The first-order chi connectivity index (χ1) is 12.6. The third kappa shape index (κ3) is 2.79. The lowest BCUT2D eigenvalue weighted by molar-refractivity contribution is -0.118. The van der Waals surface area contributed by atoms with Crippen molar-refractivity contribution < 1.29 is 9.59 Å². The fourth-order valence-electron chi connectivity index (χ4n) is 4.08. The van der Waals surface area contributed by atoms with Gasteiger partial charge in [0.25, 0.3) is 5.91 Å². The van der Waals surface area contributed by atoms with Gasteiger partial charge in [-0.05, 0) is 61.6 Å². The van der Waals surface area contributed by atoms with E-state index >= 15 is 0 Å². The highest BCUT2D eigenvalue weighted by Crippen LogP contribution is 2.32. The first-order valence-corrected chi connectivity index (χ1v) is 9.43. The van der Waals surface area contributed by atoms with Gasteiger partial charge in [0.15, 0.2) is 0 Å². The van der Waals surface area contributed by atoms with Gasteiger partial charge in [0, 0.05) is 36.4 Å². The number of rotatable bonds is 2. The van der Waals surface area contributed by atoms with E-state index in [2.05, 4.69) is 25.1 Å². The summed E-state index contributed by atoms with van der Waals surface area (Å²) in [5, 5.41) is 0. The molecule has 2 aliphatic rings. The van der Waals surface area contributed by atoms with Crippen molar-refractivity contribution in [3.05, 3.63) is 58.7 Å². The zero-order valence-corrected chi connectivity index (χ0v) is 15.4. The lowest BCUT2D eigenvalue weighted by atomic mass is 9.98. The molecule has 4 nitrogen and oxygen atoms in total. The van der Waals surface area contributed by atoms with Gasteiger partial charge in [-0.25, -0.2) is 0 Å². The molecule has 2 amide bonds. The smallest absolute Gasteiger partial charge is 0.258 e. The van der Waals surface area contributed by atoms with Crippen LogP contribution in [0.2, 0.25) is 0 Å². The van der Waals surface area contributed by atoms with Crippen molar-refractivity contribution in [3.63, 3.8) is 0 Å². The maximum absolute atomic E-state index is 13.2. The molecule has 0 atom stereocenters. The Labute approximate surface area is 154 Å². The molecule has 0 saturated heterocycles. The van der Waals surface area contributed by atoms with Crippen molar-refractivity contribution in [2.45, 2.75) is 39.5 Å². The van der Waals surface area contributed by atoms with Gasteiger partial charge in [0.1, 0.15) is 0 Å². The molecule has 2 aromatic rings. The second-order valence-corrected chi connectivity index (χ2v) is 7.18. The average Bonchev–Trinajstić information content (AvgIpc) is 3.09. The summed E-state index contributed by atoms with van der Waals surface area (Å²) >= 11 is 0. The zero-order valence-electron chi connectivity index (χ0n) is 15.4. The summed E-state index contributed by atoms with van der Waals surface area (Å²) in [6.07, 6.45) is 3.34. The number of anilines is 2. The zero-order chi connectivity index (χ0) is 18.3. The van der Waals surface area contributed by atoms with Crippen LogP contribution < -0.4 is 9.80 Å². The van der Waals surface area contributed by atoms with Crippen molar-refractivity contribution in [1.82, 2.24) is 0 Å². The predicted octanol–water partition coefficient (Wildman–Crippen LogP) is 3.89. The third-order valence-corrected chi connectivity index (χ3v) is 5.42. The highest BCUT2D eigenvalue weighted by atomic mass is 16.2. The molecule has 0 N–H and O–H groups in total. The Bertz CT molecular complexity index is 888. The number of carbonyl (C=O) groups is 2. The second-order valence-electron chi connectivity index (χ2n) is 7.18. The van der Waals surface area contributed by atoms with Crippen LogP contribution in [-0.2, 0) is 17.6 Å². The fraction of sp³-hybridized carbons (Fsp3) is 0.364. The first-order valence-electron chi connectivity index (χ1n) is 9.43. The summed E-state index contributed by atoms with van der Waals surface area (Å²) in [6.45, 7) is 5.44. The number of amides is 2. The van der Waals surface area contributed by atoms with Crippen LogP contribution in [0.15, 0.2) is 36.4 Å². The van der Waals surface area contributed by atoms with Crippen molar-refractivity contribution in [3.8, 4) is 0 Å². The van der Waals surface area contributed by atoms with Crippen molar-refractivity contribution in [2.24, 2.45) is 0 Å². The summed E-state index contributed by atoms with van der Waals surface area (Å²) in [5.41, 5.74) is 6.29. The molecule has 2 heterocycles. The first kappa shape index (κ1) is 16.8. The molecule has 2 aromatic carbocycles. The van der Waals surface area contributed by atoms with Crippen LogP contribution in [0.25, 0.3) is 0 Å². The molecular formula is C22H24N2O2. The number of fused-ring (bicyclic) bond motifs is 2. The molecule has 134 valence electrons. The Balaban J connectivity index is 1.64.